The second kappa shape index (κ2) is 6.33. The van der Waals surface area contributed by atoms with E-state index in [1.165, 1.54) is 25.3 Å². The van der Waals surface area contributed by atoms with Gasteiger partial charge in [0, 0.05) is 23.8 Å². The monoisotopic (exact) mass is 327 g/mol. The molecule has 1 amide bonds. The number of alkyl halides is 3. The largest absolute Gasteiger partial charge is 0.471 e. The highest BCUT2D eigenvalue weighted by Crippen LogP contribution is 2.24. The number of allylic oxidation sites excluding steroid dienone is 1. The van der Waals surface area contributed by atoms with Gasteiger partial charge >= 0.3 is 12.1 Å². The molecule has 8 heteroatoms. The molecule has 1 N–H and O–H groups in total. The number of ether oxygens (including phenoxy) is 1. The third-order valence-electron chi connectivity index (χ3n) is 3.26. The van der Waals surface area contributed by atoms with Gasteiger partial charge in [-0.05, 0) is 6.08 Å². The average molecular weight is 327 g/mol. The van der Waals surface area contributed by atoms with Gasteiger partial charge < -0.3 is 10.1 Å². The van der Waals surface area contributed by atoms with Gasteiger partial charge in [-0.2, -0.15) is 13.2 Å². The van der Waals surface area contributed by atoms with Crippen LogP contribution >= 0.6 is 0 Å². The van der Waals surface area contributed by atoms with Gasteiger partial charge in [-0.3, -0.25) is 14.4 Å². The quantitative estimate of drug-likeness (QED) is 0.913. The van der Waals surface area contributed by atoms with E-state index >= 15 is 0 Å². The lowest BCUT2D eigenvalue weighted by molar-refractivity contribution is -0.174. The van der Waals surface area contributed by atoms with Crippen molar-refractivity contribution in [1.82, 2.24) is 5.32 Å². The van der Waals surface area contributed by atoms with Crippen LogP contribution in [0.3, 0.4) is 0 Å². The number of benzene rings is 1. The zero-order chi connectivity index (χ0) is 17.2. The minimum atomic E-state index is -5.10. The standard InChI is InChI=1S/C15H12F3NO4/c1-23-7-11(19-14(22)15(16,17)18)10-6-12(20)8-4-2-3-5-9(8)13(10)21/h2-6,11H,7H2,1H3,(H,19,22). The van der Waals surface area contributed by atoms with Crippen molar-refractivity contribution in [2.75, 3.05) is 13.7 Å². The number of hydrogen-bond acceptors (Lipinski definition) is 4. The van der Waals surface area contributed by atoms with Crippen molar-refractivity contribution in [2.24, 2.45) is 0 Å². The van der Waals surface area contributed by atoms with E-state index in [0.717, 1.165) is 6.08 Å². The van der Waals surface area contributed by atoms with Crippen molar-refractivity contribution in [1.29, 1.82) is 0 Å². The first-order valence-corrected chi connectivity index (χ1v) is 6.52. The lowest BCUT2D eigenvalue weighted by Gasteiger charge is -2.24. The maximum absolute atomic E-state index is 12.4. The van der Waals surface area contributed by atoms with E-state index in [-0.39, 0.29) is 23.3 Å². The number of carbonyl (C=O) groups excluding carboxylic acids is 3. The van der Waals surface area contributed by atoms with Gasteiger partial charge in [0.2, 0.25) is 0 Å². The van der Waals surface area contributed by atoms with Crippen molar-refractivity contribution in [2.45, 2.75) is 12.2 Å². The summed E-state index contributed by atoms with van der Waals surface area (Å²) in [4.78, 5) is 35.5. The van der Waals surface area contributed by atoms with Crippen LogP contribution in [0.25, 0.3) is 0 Å². The van der Waals surface area contributed by atoms with Crippen LogP contribution in [0.15, 0.2) is 35.9 Å². The number of nitrogens with one attached hydrogen (secondary N) is 1. The maximum Gasteiger partial charge on any atom is 0.471 e. The summed E-state index contributed by atoms with van der Waals surface area (Å²) in [5, 5.41) is 1.68. The summed E-state index contributed by atoms with van der Waals surface area (Å²) in [7, 11) is 1.20. The Bertz CT molecular complexity index is 694. The van der Waals surface area contributed by atoms with E-state index in [1.54, 1.807) is 11.4 Å². The molecular weight excluding hydrogens is 315 g/mol. The molecule has 0 saturated carbocycles. The van der Waals surface area contributed by atoms with Crippen LogP contribution in [0.5, 0.6) is 0 Å². The summed E-state index contributed by atoms with van der Waals surface area (Å²) in [5.41, 5.74) is 0.00470. The molecule has 122 valence electrons. The Balaban J connectivity index is 2.35. The number of carbonyl (C=O) groups is 3. The van der Waals surface area contributed by atoms with Gasteiger partial charge in [-0.25, -0.2) is 0 Å². The lowest BCUT2D eigenvalue weighted by Crippen LogP contribution is -2.47. The predicted molar refractivity (Wildman–Crippen MR) is 73.0 cm³/mol. The number of ketones is 2. The molecule has 0 radical (unpaired) electrons. The van der Waals surface area contributed by atoms with Crippen LogP contribution in [0, 0.1) is 0 Å². The van der Waals surface area contributed by atoms with Gasteiger partial charge in [-0.1, -0.05) is 24.3 Å². The molecule has 0 spiro atoms. The molecule has 0 aromatic heterocycles. The molecule has 1 aliphatic rings. The Hall–Kier alpha value is -2.48. The molecule has 0 aliphatic heterocycles. The molecule has 0 bridgehead atoms. The van der Waals surface area contributed by atoms with Crippen LogP contribution in [-0.4, -0.2) is 43.4 Å². The molecule has 1 aromatic rings. The van der Waals surface area contributed by atoms with Gasteiger partial charge in [-0.15, -0.1) is 0 Å². The molecule has 0 saturated heterocycles. The number of hydrogen-bond donors (Lipinski definition) is 1. The van der Waals surface area contributed by atoms with Gasteiger partial charge in [0.15, 0.2) is 11.6 Å². The number of fused-ring (bicyclic) bond motifs is 1. The molecule has 5 nitrogen and oxygen atoms in total. The number of Topliss-reactive ketones (excluding diaryl/α,β-unsaturated/α-hetero) is 1. The summed E-state index contributed by atoms with van der Waals surface area (Å²) in [5.74, 6) is -3.35. The molecule has 1 aliphatic carbocycles. The predicted octanol–water partition coefficient (Wildman–Crippen LogP) is 1.69. The summed E-state index contributed by atoms with van der Waals surface area (Å²) in [6, 6.07) is 4.58. The normalized spacial score (nSPS) is 15.7. The Kier molecular flexibility index (Phi) is 4.65. The van der Waals surface area contributed by atoms with Gasteiger partial charge in [0.05, 0.1) is 12.6 Å². The van der Waals surface area contributed by atoms with E-state index < -0.39 is 29.7 Å². The first-order chi connectivity index (χ1) is 10.8. The van der Waals surface area contributed by atoms with E-state index in [4.69, 9.17) is 4.74 Å². The molecule has 1 aromatic carbocycles. The molecule has 0 fully saturated rings. The SMILES string of the molecule is COCC(NC(=O)C(F)(F)F)C1=CC(=O)c2ccccc2C1=O. The summed E-state index contributed by atoms with van der Waals surface area (Å²) >= 11 is 0. The third kappa shape index (κ3) is 3.48. The highest BCUT2D eigenvalue weighted by atomic mass is 19.4. The van der Waals surface area contributed by atoms with Crippen LogP contribution in [0.2, 0.25) is 0 Å². The lowest BCUT2D eigenvalue weighted by atomic mass is 9.86. The second-order valence-corrected chi connectivity index (χ2v) is 4.82. The highest BCUT2D eigenvalue weighted by molar-refractivity contribution is 6.25. The van der Waals surface area contributed by atoms with E-state index in [2.05, 4.69) is 0 Å². The van der Waals surface area contributed by atoms with Crippen molar-refractivity contribution >= 4 is 17.5 Å². The molecular formula is C15H12F3NO4. The highest BCUT2D eigenvalue weighted by Gasteiger charge is 2.41. The summed E-state index contributed by atoms with van der Waals surface area (Å²) in [6.07, 6.45) is -4.17. The minimum absolute atomic E-state index is 0.0809. The fourth-order valence-corrected chi connectivity index (χ4v) is 2.21. The smallest absolute Gasteiger partial charge is 0.382 e. The zero-order valence-corrected chi connectivity index (χ0v) is 11.9. The molecule has 1 unspecified atom stereocenters. The van der Waals surface area contributed by atoms with Crippen molar-refractivity contribution in [3.63, 3.8) is 0 Å². The van der Waals surface area contributed by atoms with E-state index in [1.807, 2.05) is 0 Å². The van der Waals surface area contributed by atoms with Crippen LogP contribution < -0.4 is 5.32 Å². The molecule has 1 atom stereocenters. The van der Waals surface area contributed by atoms with E-state index in [0.29, 0.717) is 0 Å². The van der Waals surface area contributed by atoms with Gasteiger partial charge in [0.1, 0.15) is 0 Å². The number of halogens is 3. The zero-order valence-electron chi connectivity index (χ0n) is 11.9. The van der Waals surface area contributed by atoms with Crippen molar-refractivity contribution in [3.8, 4) is 0 Å². The number of rotatable bonds is 4. The number of amides is 1. The van der Waals surface area contributed by atoms with Crippen LogP contribution in [0.4, 0.5) is 13.2 Å². The minimum Gasteiger partial charge on any atom is -0.382 e. The first-order valence-electron chi connectivity index (χ1n) is 6.52. The molecule has 23 heavy (non-hydrogen) atoms. The second-order valence-electron chi connectivity index (χ2n) is 4.82. The van der Waals surface area contributed by atoms with Crippen molar-refractivity contribution in [3.05, 3.63) is 47.0 Å². The summed E-state index contributed by atoms with van der Waals surface area (Å²) in [6.45, 7) is -0.380. The van der Waals surface area contributed by atoms with Gasteiger partial charge in [0.25, 0.3) is 0 Å². The van der Waals surface area contributed by atoms with Crippen LogP contribution in [0.1, 0.15) is 20.7 Å². The van der Waals surface area contributed by atoms with E-state index in [9.17, 15) is 27.6 Å². The van der Waals surface area contributed by atoms with Crippen molar-refractivity contribution < 1.29 is 32.3 Å². The molecule has 2 rings (SSSR count). The Morgan fingerprint density at radius 3 is 2.39 bits per heavy atom. The molecule has 0 heterocycles. The fraction of sp³-hybridized carbons (Fsp3) is 0.267. The third-order valence-corrected chi connectivity index (χ3v) is 3.26. The number of methoxy groups -OCH3 is 1. The summed E-state index contributed by atoms with van der Waals surface area (Å²) < 4.78 is 42.0. The Labute approximate surface area is 129 Å². The topological polar surface area (TPSA) is 72.5 Å². The maximum atomic E-state index is 12.4. The Morgan fingerprint density at radius 2 is 1.83 bits per heavy atom. The average Bonchev–Trinajstić information content (AvgIpc) is 2.49. The Morgan fingerprint density at radius 1 is 1.22 bits per heavy atom. The fourth-order valence-electron chi connectivity index (χ4n) is 2.21. The van der Waals surface area contributed by atoms with Crippen LogP contribution in [-0.2, 0) is 9.53 Å². The first kappa shape index (κ1) is 16.9.